The van der Waals surface area contributed by atoms with Crippen molar-refractivity contribution < 1.29 is 0 Å². The third-order valence-corrected chi connectivity index (χ3v) is 3.46. The highest BCUT2D eigenvalue weighted by molar-refractivity contribution is 5.63. The van der Waals surface area contributed by atoms with Crippen LogP contribution < -0.4 is 16.0 Å². The number of hydrogen-bond acceptors (Lipinski definition) is 5. The zero-order chi connectivity index (χ0) is 13.9. The van der Waals surface area contributed by atoms with E-state index in [4.69, 9.17) is 0 Å². The summed E-state index contributed by atoms with van der Waals surface area (Å²) in [5.74, 6) is 1.67. The lowest BCUT2D eigenvalue weighted by molar-refractivity contribution is 0.471. The lowest BCUT2D eigenvalue weighted by Gasteiger charge is -2.28. The van der Waals surface area contributed by atoms with Crippen molar-refractivity contribution in [3.63, 3.8) is 0 Å². The third kappa shape index (κ3) is 2.88. The molecule has 0 unspecified atom stereocenters. The fourth-order valence-electron chi connectivity index (χ4n) is 2.11. The summed E-state index contributed by atoms with van der Waals surface area (Å²) >= 11 is 0. The first-order valence-corrected chi connectivity index (χ1v) is 6.84. The van der Waals surface area contributed by atoms with E-state index in [1.807, 2.05) is 6.07 Å². The number of anilines is 3. The van der Waals surface area contributed by atoms with E-state index in [1.54, 1.807) is 6.33 Å². The van der Waals surface area contributed by atoms with E-state index in [-0.39, 0.29) is 0 Å². The number of nitrogens with one attached hydrogen (secondary N) is 3. The van der Waals surface area contributed by atoms with E-state index in [0.29, 0.717) is 6.04 Å². The van der Waals surface area contributed by atoms with Crippen LogP contribution in [0.1, 0.15) is 11.1 Å². The van der Waals surface area contributed by atoms with E-state index in [9.17, 15) is 0 Å². The molecule has 0 aliphatic carbocycles. The van der Waals surface area contributed by atoms with Gasteiger partial charge >= 0.3 is 0 Å². The maximum absolute atomic E-state index is 4.28. The highest BCUT2D eigenvalue weighted by Gasteiger charge is 2.16. The Morgan fingerprint density at radius 1 is 1.10 bits per heavy atom. The van der Waals surface area contributed by atoms with Crippen molar-refractivity contribution in [2.24, 2.45) is 0 Å². The highest BCUT2D eigenvalue weighted by Crippen LogP contribution is 2.21. The summed E-state index contributed by atoms with van der Waals surface area (Å²) in [5, 5.41) is 9.96. The molecule has 3 N–H and O–H groups in total. The molecule has 5 nitrogen and oxygen atoms in total. The van der Waals surface area contributed by atoms with Gasteiger partial charge in [-0.1, -0.05) is 12.1 Å². The van der Waals surface area contributed by atoms with Gasteiger partial charge in [0.05, 0.1) is 6.04 Å². The Hall–Kier alpha value is -2.14. The Labute approximate surface area is 118 Å². The fourth-order valence-corrected chi connectivity index (χ4v) is 2.11. The van der Waals surface area contributed by atoms with Gasteiger partial charge in [-0.25, -0.2) is 9.97 Å². The molecule has 1 aromatic heterocycles. The molecule has 1 aromatic carbocycles. The van der Waals surface area contributed by atoms with Crippen molar-refractivity contribution in [3.05, 3.63) is 41.7 Å². The average Bonchev–Trinajstić information content (AvgIpc) is 2.39. The van der Waals surface area contributed by atoms with Crippen LogP contribution in [0.4, 0.5) is 17.3 Å². The summed E-state index contributed by atoms with van der Waals surface area (Å²) in [6, 6.07) is 8.76. The largest absolute Gasteiger partial charge is 0.365 e. The van der Waals surface area contributed by atoms with Crippen LogP contribution >= 0.6 is 0 Å². The molecule has 104 valence electrons. The molecule has 1 aliphatic rings. The molecule has 2 heterocycles. The molecule has 0 bridgehead atoms. The van der Waals surface area contributed by atoms with Crippen LogP contribution in [-0.2, 0) is 0 Å². The molecule has 1 aliphatic heterocycles. The SMILES string of the molecule is Cc1ccc(C)c(Nc2cc(NC3CNC3)ncn2)c1. The van der Waals surface area contributed by atoms with E-state index < -0.39 is 0 Å². The van der Waals surface area contributed by atoms with E-state index in [2.05, 4.69) is 58.0 Å². The van der Waals surface area contributed by atoms with Crippen LogP contribution in [0.15, 0.2) is 30.6 Å². The first-order valence-electron chi connectivity index (χ1n) is 6.84. The normalized spacial score (nSPS) is 14.7. The molecular formula is C15H19N5. The summed E-state index contributed by atoms with van der Waals surface area (Å²) in [7, 11) is 0. The fraction of sp³-hybridized carbons (Fsp3) is 0.333. The topological polar surface area (TPSA) is 61.9 Å². The van der Waals surface area contributed by atoms with Crippen molar-refractivity contribution in [1.29, 1.82) is 0 Å². The average molecular weight is 269 g/mol. The van der Waals surface area contributed by atoms with Crippen LogP contribution in [0.5, 0.6) is 0 Å². The molecular weight excluding hydrogens is 250 g/mol. The number of hydrogen-bond donors (Lipinski definition) is 3. The van der Waals surface area contributed by atoms with Crippen molar-refractivity contribution >= 4 is 17.3 Å². The van der Waals surface area contributed by atoms with E-state index in [0.717, 1.165) is 30.4 Å². The summed E-state index contributed by atoms with van der Waals surface area (Å²) in [6.07, 6.45) is 1.59. The molecule has 3 rings (SSSR count). The van der Waals surface area contributed by atoms with Crippen LogP contribution in [-0.4, -0.2) is 29.1 Å². The molecule has 0 spiro atoms. The van der Waals surface area contributed by atoms with Gasteiger partial charge in [0, 0.05) is 24.8 Å². The maximum Gasteiger partial charge on any atom is 0.135 e. The highest BCUT2D eigenvalue weighted by atomic mass is 15.1. The number of aryl methyl sites for hydroxylation is 2. The molecule has 5 heteroatoms. The molecule has 1 fully saturated rings. The van der Waals surface area contributed by atoms with Gasteiger partial charge in [0.1, 0.15) is 18.0 Å². The lowest BCUT2D eigenvalue weighted by Crippen LogP contribution is -2.51. The Balaban J connectivity index is 1.76. The quantitative estimate of drug-likeness (QED) is 0.794. The molecule has 0 saturated carbocycles. The Kier molecular flexibility index (Phi) is 3.52. The zero-order valence-electron chi connectivity index (χ0n) is 11.8. The third-order valence-electron chi connectivity index (χ3n) is 3.46. The number of nitrogens with zero attached hydrogens (tertiary/aromatic N) is 2. The minimum atomic E-state index is 0.471. The van der Waals surface area contributed by atoms with Gasteiger partial charge in [-0.3, -0.25) is 0 Å². The van der Waals surface area contributed by atoms with Gasteiger partial charge in [-0.05, 0) is 31.0 Å². The van der Waals surface area contributed by atoms with Gasteiger partial charge < -0.3 is 16.0 Å². The van der Waals surface area contributed by atoms with Crippen LogP contribution in [0.3, 0.4) is 0 Å². The molecule has 1 saturated heterocycles. The molecule has 0 atom stereocenters. The molecule has 0 amide bonds. The minimum absolute atomic E-state index is 0.471. The van der Waals surface area contributed by atoms with Crippen molar-refractivity contribution in [2.45, 2.75) is 19.9 Å². The second-order valence-corrected chi connectivity index (χ2v) is 5.23. The van der Waals surface area contributed by atoms with E-state index in [1.165, 1.54) is 11.1 Å². The lowest BCUT2D eigenvalue weighted by atomic mass is 10.1. The number of rotatable bonds is 4. The predicted octanol–water partition coefficient (Wildman–Crippen LogP) is 2.22. The monoisotopic (exact) mass is 269 g/mol. The summed E-state index contributed by atoms with van der Waals surface area (Å²) in [4.78, 5) is 8.53. The first kappa shape index (κ1) is 12.9. The molecule has 2 aromatic rings. The number of aromatic nitrogens is 2. The second kappa shape index (κ2) is 5.46. The Morgan fingerprint density at radius 3 is 2.65 bits per heavy atom. The Bertz CT molecular complexity index is 607. The van der Waals surface area contributed by atoms with Crippen LogP contribution in [0, 0.1) is 13.8 Å². The van der Waals surface area contributed by atoms with Gasteiger partial charge in [-0.15, -0.1) is 0 Å². The zero-order valence-corrected chi connectivity index (χ0v) is 11.8. The van der Waals surface area contributed by atoms with Crippen LogP contribution in [0.2, 0.25) is 0 Å². The summed E-state index contributed by atoms with van der Waals surface area (Å²) < 4.78 is 0. The van der Waals surface area contributed by atoms with Gasteiger partial charge in [0.15, 0.2) is 0 Å². The van der Waals surface area contributed by atoms with E-state index >= 15 is 0 Å². The maximum atomic E-state index is 4.28. The summed E-state index contributed by atoms with van der Waals surface area (Å²) in [6.45, 7) is 6.15. The van der Waals surface area contributed by atoms with Crippen molar-refractivity contribution in [3.8, 4) is 0 Å². The molecule has 0 radical (unpaired) electrons. The van der Waals surface area contributed by atoms with Crippen LogP contribution in [0.25, 0.3) is 0 Å². The minimum Gasteiger partial charge on any atom is -0.365 e. The van der Waals surface area contributed by atoms with Crippen molar-refractivity contribution in [2.75, 3.05) is 23.7 Å². The van der Waals surface area contributed by atoms with Gasteiger partial charge in [-0.2, -0.15) is 0 Å². The molecule has 20 heavy (non-hydrogen) atoms. The standard InChI is InChI=1S/C15H19N5/c1-10-3-4-11(2)13(5-10)20-15-6-14(17-9-18-15)19-12-7-16-8-12/h3-6,9,12,16H,7-8H2,1-2H3,(H2,17,18,19,20). The second-order valence-electron chi connectivity index (χ2n) is 5.23. The Morgan fingerprint density at radius 2 is 1.90 bits per heavy atom. The smallest absolute Gasteiger partial charge is 0.135 e. The van der Waals surface area contributed by atoms with Gasteiger partial charge in [0.2, 0.25) is 0 Å². The van der Waals surface area contributed by atoms with Crippen molar-refractivity contribution in [1.82, 2.24) is 15.3 Å². The predicted molar refractivity (Wildman–Crippen MR) is 81.5 cm³/mol. The van der Waals surface area contributed by atoms with Gasteiger partial charge in [0.25, 0.3) is 0 Å². The number of benzene rings is 1. The summed E-state index contributed by atoms with van der Waals surface area (Å²) in [5.41, 5.74) is 3.51. The first-order chi connectivity index (χ1) is 9.70.